The van der Waals surface area contributed by atoms with Crippen molar-refractivity contribution in [3.05, 3.63) is 35.9 Å². The molecule has 0 fully saturated rings. The lowest BCUT2D eigenvalue weighted by Crippen LogP contribution is -2.22. The molecule has 0 heterocycles. The predicted molar refractivity (Wildman–Crippen MR) is 66.8 cm³/mol. The molecule has 19 heavy (non-hydrogen) atoms. The first-order chi connectivity index (χ1) is 9.11. The molecule has 0 aliphatic rings. The third-order valence-electron chi connectivity index (χ3n) is 2.17. The van der Waals surface area contributed by atoms with Gasteiger partial charge >= 0.3 is 6.61 Å². The molecule has 104 valence electrons. The van der Waals surface area contributed by atoms with Gasteiger partial charge in [-0.2, -0.15) is 8.78 Å². The summed E-state index contributed by atoms with van der Waals surface area (Å²) in [4.78, 5) is 11.3. The molecule has 1 aromatic carbocycles. The van der Waals surface area contributed by atoms with Gasteiger partial charge in [0.2, 0.25) is 5.91 Å². The number of ether oxygens (including phenoxy) is 1. The summed E-state index contributed by atoms with van der Waals surface area (Å²) in [5, 5.41) is 11.1. The zero-order chi connectivity index (χ0) is 14.1. The van der Waals surface area contributed by atoms with Gasteiger partial charge in [-0.15, -0.1) is 0 Å². The molecule has 0 aromatic heterocycles. The van der Waals surface area contributed by atoms with Gasteiger partial charge in [0, 0.05) is 19.2 Å². The number of hydrogen-bond acceptors (Lipinski definition) is 3. The highest BCUT2D eigenvalue weighted by molar-refractivity contribution is 5.91. The van der Waals surface area contributed by atoms with Gasteiger partial charge in [0.15, 0.2) is 0 Å². The average Bonchev–Trinajstić information content (AvgIpc) is 2.37. The Morgan fingerprint density at radius 2 is 2.05 bits per heavy atom. The molecule has 0 saturated carbocycles. The summed E-state index contributed by atoms with van der Waals surface area (Å²) >= 11 is 0. The molecule has 0 unspecified atom stereocenters. The third-order valence-corrected chi connectivity index (χ3v) is 2.17. The van der Waals surface area contributed by atoms with Gasteiger partial charge in [-0.1, -0.05) is 12.1 Å². The number of hydrogen-bond donors (Lipinski definition) is 2. The van der Waals surface area contributed by atoms with Crippen LogP contribution in [0.15, 0.2) is 30.3 Å². The highest BCUT2D eigenvalue weighted by Gasteiger charge is 2.02. The number of aliphatic hydroxyl groups is 1. The van der Waals surface area contributed by atoms with Crippen molar-refractivity contribution in [2.75, 3.05) is 13.2 Å². The molecule has 0 spiro atoms. The van der Waals surface area contributed by atoms with Crippen LogP contribution >= 0.6 is 0 Å². The van der Waals surface area contributed by atoms with E-state index in [-0.39, 0.29) is 18.3 Å². The molecule has 6 heteroatoms. The zero-order valence-corrected chi connectivity index (χ0v) is 10.2. The fourth-order valence-corrected chi connectivity index (χ4v) is 1.28. The Hall–Kier alpha value is -1.95. The van der Waals surface area contributed by atoms with Crippen LogP contribution in [0.4, 0.5) is 8.78 Å². The Kier molecular flexibility index (Phi) is 6.52. The first-order valence-electron chi connectivity index (χ1n) is 5.73. The fourth-order valence-electron chi connectivity index (χ4n) is 1.28. The van der Waals surface area contributed by atoms with Gasteiger partial charge in [-0.25, -0.2) is 0 Å². The number of benzene rings is 1. The smallest absolute Gasteiger partial charge is 0.387 e. The molecule has 1 aromatic rings. The number of carbonyl (C=O) groups is 1. The second kappa shape index (κ2) is 8.20. The van der Waals surface area contributed by atoms with Crippen LogP contribution in [0.5, 0.6) is 5.75 Å². The number of halogens is 2. The van der Waals surface area contributed by atoms with Crippen molar-refractivity contribution in [3.8, 4) is 5.75 Å². The molecular formula is C13H15F2NO3. The highest BCUT2D eigenvalue weighted by atomic mass is 19.3. The van der Waals surface area contributed by atoms with Crippen LogP contribution in [0.2, 0.25) is 0 Å². The molecule has 0 radical (unpaired) electrons. The first-order valence-corrected chi connectivity index (χ1v) is 5.73. The van der Waals surface area contributed by atoms with Crippen molar-refractivity contribution in [1.82, 2.24) is 5.32 Å². The second-order valence-electron chi connectivity index (χ2n) is 3.65. The number of aliphatic hydroxyl groups excluding tert-OH is 1. The molecular weight excluding hydrogens is 256 g/mol. The number of nitrogens with one attached hydrogen (secondary N) is 1. The number of amides is 1. The van der Waals surface area contributed by atoms with Crippen LogP contribution in [0, 0.1) is 0 Å². The van der Waals surface area contributed by atoms with Crippen molar-refractivity contribution in [1.29, 1.82) is 0 Å². The van der Waals surface area contributed by atoms with Crippen LogP contribution in [0.1, 0.15) is 12.0 Å². The molecule has 0 atom stereocenters. The van der Waals surface area contributed by atoms with Crippen molar-refractivity contribution in [2.24, 2.45) is 0 Å². The molecule has 0 aliphatic carbocycles. The maximum Gasteiger partial charge on any atom is 0.387 e. The summed E-state index contributed by atoms with van der Waals surface area (Å²) in [5.74, 6) is -0.207. The Balaban J connectivity index is 2.46. The van der Waals surface area contributed by atoms with E-state index in [1.54, 1.807) is 18.2 Å². The quantitative estimate of drug-likeness (QED) is 0.587. The van der Waals surface area contributed by atoms with Gasteiger partial charge in [0.05, 0.1) is 0 Å². The Morgan fingerprint density at radius 3 is 2.63 bits per heavy atom. The van der Waals surface area contributed by atoms with E-state index in [1.165, 1.54) is 18.2 Å². The lowest BCUT2D eigenvalue weighted by atomic mass is 10.2. The summed E-state index contributed by atoms with van der Waals surface area (Å²) in [6.45, 7) is -2.42. The Bertz CT molecular complexity index is 418. The fraction of sp³-hybridized carbons (Fsp3) is 0.308. The van der Waals surface area contributed by atoms with Crippen molar-refractivity contribution in [3.63, 3.8) is 0 Å². The van der Waals surface area contributed by atoms with E-state index in [1.807, 2.05) is 0 Å². The van der Waals surface area contributed by atoms with Gasteiger partial charge < -0.3 is 15.2 Å². The van der Waals surface area contributed by atoms with E-state index < -0.39 is 6.61 Å². The van der Waals surface area contributed by atoms with Crippen LogP contribution in [-0.2, 0) is 4.79 Å². The SMILES string of the molecule is O=C(/C=C/c1ccc(OC(F)F)cc1)NCCCO. The number of alkyl halides is 2. The topological polar surface area (TPSA) is 58.6 Å². The molecule has 1 rings (SSSR count). The molecule has 4 nitrogen and oxygen atoms in total. The minimum Gasteiger partial charge on any atom is -0.435 e. The summed E-state index contributed by atoms with van der Waals surface area (Å²) in [6.07, 6.45) is 3.39. The van der Waals surface area contributed by atoms with Crippen molar-refractivity contribution >= 4 is 12.0 Å². The molecule has 0 saturated heterocycles. The van der Waals surface area contributed by atoms with Crippen molar-refractivity contribution < 1.29 is 23.4 Å². The molecule has 0 bridgehead atoms. The van der Waals surface area contributed by atoms with Gasteiger partial charge in [0.1, 0.15) is 5.75 Å². The third kappa shape index (κ3) is 6.52. The lowest BCUT2D eigenvalue weighted by molar-refractivity contribution is -0.116. The number of carbonyl (C=O) groups excluding carboxylic acids is 1. The summed E-state index contributed by atoms with van der Waals surface area (Å²) in [7, 11) is 0. The van der Waals surface area contributed by atoms with E-state index in [0.29, 0.717) is 18.5 Å². The maximum absolute atomic E-state index is 11.9. The van der Waals surface area contributed by atoms with Crippen molar-refractivity contribution in [2.45, 2.75) is 13.0 Å². The van der Waals surface area contributed by atoms with Crippen LogP contribution in [0.25, 0.3) is 6.08 Å². The van der Waals surface area contributed by atoms with E-state index in [0.717, 1.165) is 0 Å². The maximum atomic E-state index is 11.9. The minimum atomic E-state index is -2.85. The lowest BCUT2D eigenvalue weighted by Gasteiger charge is -2.03. The molecule has 1 amide bonds. The highest BCUT2D eigenvalue weighted by Crippen LogP contribution is 2.15. The summed E-state index contributed by atoms with van der Waals surface area (Å²) in [6, 6.07) is 5.93. The minimum absolute atomic E-state index is 0.0234. The van der Waals surface area contributed by atoms with Gasteiger partial charge in [-0.3, -0.25) is 4.79 Å². The monoisotopic (exact) mass is 271 g/mol. The van der Waals surface area contributed by atoms with E-state index in [9.17, 15) is 13.6 Å². The summed E-state index contributed by atoms with van der Waals surface area (Å²) in [5.41, 5.74) is 0.693. The van der Waals surface area contributed by atoms with Gasteiger partial charge in [-0.05, 0) is 30.2 Å². The predicted octanol–water partition coefficient (Wildman–Crippen LogP) is 1.80. The van der Waals surface area contributed by atoms with E-state index >= 15 is 0 Å². The summed E-state index contributed by atoms with van der Waals surface area (Å²) < 4.78 is 28.0. The molecule has 0 aliphatic heterocycles. The normalized spacial score (nSPS) is 10.9. The first kappa shape index (κ1) is 15.1. The molecule has 2 N–H and O–H groups in total. The Labute approximate surface area is 109 Å². The van der Waals surface area contributed by atoms with E-state index in [4.69, 9.17) is 5.11 Å². The van der Waals surface area contributed by atoms with Crippen LogP contribution in [-0.4, -0.2) is 30.8 Å². The number of rotatable bonds is 7. The van der Waals surface area contributed by atoms with E-state index in [2.05, 4.69) is 10.1 Å². The zero-order valence-electron chi connectivity index (χ0n) is 10.2. The Morgan fingerprint density at radius 1 is 1.37 bits per heavy atom. The van der Waals surface area contributed by atoms with Gasteiger partial charge in [0.25, 0.3) is 0 Å². The largest absolute Gasteiger partial charge is 0.435 e. The van der Waals surface area contributed by atoms with Crippen LogP contribution in [0.3, 0.4) is 0 Å². The second-order valence-corrected chi connectivity index (χ2v) is 3.65. The average molecular weight is 271 g/mol. The standard InChI is InChI=1S/C13H15F2NO3/c14-13(15)19-11-5-2-10(3-6-11)4-7-12(18)16-8-1-9-17/h2-7,13,17H,1,8-9H2,(H,16,18)/b7-4+. The van der Waals surface area contributed by atoms with Crippen LogP contribution < -0.4 is 10.1 Å².